The monoisotopic (exact) mass is 235 g/mol. The van der Waals surface area contributed by atoms with Gasteiger partial charge in [0, 0.05) is 12.6 Å². The van der Waals surface area contributed by atoms with E-state index in [2.05, 4.69) is 19.2 Å². The molecule has 0 saturated heterocycles. The van der Waals surface area contributed by atoms with Crippen LogP contribution in [0.2, 0.25) is 0 Å². The second-order valence-corrected chi connectivity index (χ2v) is 5.63. The molecule has 1 N–H and O–H groups in total. The van der Waals surface area contributed by atoms with E-state index in [4.69, 9.17) is 0 Å². The number of hydrogen-bond acceptors (Lipinski definition) is 1. The first-order valence-corrected chi connectivity index (χ1v) is 6.61. The Labute approximate surface area is 103 Å². The SMILES string of the molecule is CC1CC(C)CC(NCc2cccc(F)c2)C1. The largest absolute Gasteiger partial charge is 0.310 e. The van der Waals surface area contributed by atoms with Crippen LogP contribution in [0.15, 0.2) is 24.3 Å². The molecule has 17 heavy (non-hydrogen) atoms. The molecule has 1 aliphatic rings. The molecule has 2 rings (SSSR count). The van der Waals surface area contributed by atoms with Crippen molar-refractivity contribution in [2.75, 3.05) is 0 Å². The van der Waals surface area contributed by atoms with Crippen molar-refractivity contribution in [3.63, 3.8) is 0 Å². The summed E-state index contributed by atoms with van der Waals surface area (Å²) < 4.78 is 13.0. The second-order valence-electron chi connectivity index (χ2n) is 5.63. The summed E-state index contributed by atoms with van der Waals surface area (Å²) in [5.74, 6) is 1.47. The molecule has 2 heteroatoms. The predicted octanol–water partition coefficient (Wildman–Crippen LogP) is 3.74. The highest BCUT2D eigenvalue weighted by molar-refractivity contribution is 5.16. The molecule has 0 aromatic heterocycles. The number of halogens is 1. The highest BCUT2D eigenvalue weighted by atomic mass is 19.1. The van der Waals surface area contributed by atoms with Crippen LogP contribution in [0.1, 0.15) is 38.7 Å². The standard InChI is InChI=1S/C15H22FN/c1-11-6-12(2)8-15(7-11)17-10-13-4-3-5-14(16)9-13/h3-5,9,11-12,15,17H,6-8,10H2,1-2H3. The van der Waals surface area contributed by atoms with E-state index in [9.17, 15) is 4.39 Å². The number of hydrogen-bond donors (Lipinski definition) is 1. The van der Waals surface area contributed by atoms with Crippen molar-refractivity contribution in [3.05, 3.63) is 35.6 Å². The third-order valence-electron chi connectivity index (χ3n) is 3.66. The lowest BCUT2D eigenvalue weighted by atomic mass is 9.80. The highest BCUT2D eigenvalue weighted by Gasteiger charge is 2.23. The first-order chi connectivity index (χ1) is 8.13. The van der Waals surface area contributed by atoms with Gasteiger partial charge in [0.05, 0.1) is 0 Å². The predicted molar refractivity (Wildman–Crippen MR) is 69.2 cm³/mol. The summed E-state index contributed by atoms with van der Waals surface area (Å²) in [4.78, 5) is 0. The normalized spacial score (nSPS) is 29.2. The Bertz CT molecular complexity index is 354. The second kappa shape index (κ2) is 5.63. The molecule has 2 atom stereocenters. The van der Waals surface area contributed by atoms with Crippen LogP contribution in [-0.2, 0) is 6.54 Å². The summed E-state index contributed by atoms with van der Waals surface area (Å²) in [6.45, 7) is 5.43. The lowest BCUT2D eigenvalue weighted by molar-refractivity contribution is 0.238. The molecule has 0 aliphatic heterocycles. The summed E-state index contributed by atoms with van der Waals surface area (Å²) >= 11 is 0. The zero-order valence-corrected chi connectivity index (χ0v) is 10.7. The third-order valence-corrected chi connectivity index (χ3v) is 3.66. The zero-order chi connectivity index (χ0) is 12.3. The van der Waals surface area contributed by atoms with Crippen LogP contribution >= 0.6 is 0 Å². The van der Waals surface area contributed by atoms with E-state index < -0.39 is 0 Å². The summed E-state index contributed by atoms with van der Waals surface area (Å²) in [7, 11) is 0. The number of benzene rings is 1. The topological polar surface area (TPSA) is 12.0 Å². The van der Waals surface area contributed by atoms with Gasteiger partial charge in [0.15, 0.2) is 0 Å². The van der Waals surface area contributed by atoms with E-state index in [0.717, 1.165) is 23.9 Å². The van der Waals surface area contributed by atoms with Crippen molar-refractivity contribution in [1.29, 1.82) is 0 Å². The Hall–Kier alpha value is -0.890. The van der Waals surface area contributed by atoms with Crippen molar-refractivity contribution in [3.8, 4) is 0 Å². The van der Waals surface area contributed by atoms with E-state index in [1.165, 1.54) is 25.3 Å². The maximum atomic E-state index is 13.0. The summed E-state index contributed by atoms with van der Waals surface area (Å²) in [5.41, 5.74) is 1.04. The molecule has 1 nitrogen and oxygen atoms in total. The van der Waals surface area contributed by atoms with Crippen molar-refractivity contribution < 1.29 is 4.39 Å². The van der Waals surface area contributed by atoms with E-state index in [1.54, 1.807) is 12.1 Å². The summed E-state index contributed by atoms with van der Waals surface area (Å²) in [6, 6.07) is 7.46. The van der Waals surface area contributed by atoms with Crippen LogP contribution in [0.4, 0.5) is 4.39 Å². The lowest BCUT2D eigenvalue weighted by Gasteiger charge is -2.32. The van der Waals surface area contributed by atoms with E-state index in [-0.39, 0.29) is 5.82 Å². The van der Waals surface area contributed by atoms with Crippen LogP contribution in [0, 0.1) is 17.7 Å². The molecule has 0 radical (unpaired) electrons. The highest BCUT2D eigenvalue weighted by Crippen LogP contribution is 2.28. The molecule has 2 unspecified atom stereocenters. The minimum atomic E-state index is -0.144. The van der Waals surface area contributed by atoms with Gasteiger partial charge in [0.25, 0.3) is 0 Å². The molecular formula is C15H22FN. The fraction of sp³-hybridized carbons (Fsp3) is 0.600. The van der Waals surface area contributed by atoms with Crippen LogP contribution < -0.4 is 5.32 Å². The first kappa shape index (κ1) is 12.6. The summed E-state index contributed by atoms with van der Waals surface area (Å²) in [6.07, 6.45) is 3.84. The van der Waals surface area contributed by atoms with Crippen molar-refractivity contribution in [2.24, 2.45) is 11.8 Å². The van der Waals surface area contributed by atoms with Crippen molar-refractivity contribution >= 4 is 0 Å². The lowest BCUT2D eigenvalue weighted by Crippen LogP contribution is -2.35. The van der Waals surface area contributed by atoms with Gasteiger partial charge in [-0.05, 0) is 48.8 Å². The fourth-order valence-electron chi connectivity index (χ4n) is 3.02. The van der Waals surface area contributed by atoms with Gasteiger partial charge in [-0.1, -0.05) is 26.0 Å². The maximum Gasteiger partial charge on any atom is 0.123 e. The average molecular weight is 235 g/mol. The molecule has 0 heterocycles. The van der Waals surface area contributed by atoms with Crippen molar-refractivity contribution in [2.45, 2.75) is 45.7 Å². The molecule has 1 fully saturated rings. The molecule has 0 spiro atoms. The molecule has 0 bridgehead atoms. The zero-order valence-electron chi connectivity index (χ0n) is 10.7. The molecule has 1 aliphatic carbocycles. The Morgan fingerprint density at radius 1 is 1.18 bits per heavy atom. The van der Waals surface area contributed by atoms with Gasteiger partial charge < -0.3 is 5.32 Å². The van der Waals surface area contributed by atoms with Crippen LogP contribution in [0.25, 0.3) is 0 Å². The van der Waals surface area contributed by atoms with Gasteiger partial charge in [-0.15, -0.1) is 0 Å². The van der Waals surface area contributed by atoms with Gasteiger partial charge in [0.2, 0.25) is 0 Å². The third kappa shape index (κ3) is 3.81. The van der Waals surface area contributed by atoms with E-state index >= 15 is 0 Å². The van der Waals surface area contributed by atoms with Gasteiger partial charge >= 0.3 is 0 Å². The molecule has 0 amide bonds. The quantitative estimate of drug-likeness (QED) is 0.841. The Kier molecular flexibility index (Phi) is 4.16. The summed E-state index contributed by atoms with van der Waals surface area (Å²) in [5, 5.41) is 3.56. The Balaban J connectivity index is 1.85. The Morgan fingerprint density at radius 3 is 2.53 bits per heavy atom. The number of rotatable bonds is 3. The molecule has 1 saturated carbocycles. The maximum absolute atomic E-state index is 13.0. The van der Waals surface area contributed by atoms with E-state index in [1.807, 2.05) is 6.07 Å². The molecule has 1 aromatic carbocycles. The van der Waals surface area contributed by atoms with Gasteiger partial charge in [-0.3, -0.25) is 0 Å². The number of nitrogens with one attached hydrogen (secondary N) is 1. The molecule has 1 aromatic rings. The average Bonchev–Trinajstić information content (AvgIpc) is 2.25. The molecule has 94 valence electrons. The van der Waals surface area contributed by atoms with Gasteiger partial charge in [-0.25, -0.2) is 4.39 Å². The van der Waals surface area contributed by atoms with E-state index in [0.29, 0.717) is 6.04 Å². The fourth-order valence-corrected chi connectivity index (χ4v) is 3.02. The van der Waals surface area contributed by atoms with Crippen LogP contribution in [0.3, 0.4) is 0 Å². The van der Waals surface area contributed by atoms with Crippen LogP contribution in [0.5, 0.6) is 0 Å². The smallest absolute Gasteiger partial charge is 0.123 e. The minimum absolute atomic E-state index is 0.144. The molecular weight excluding hydrogens is 213 g/mol. The van der Waals surface area contributed by atoms with Gasteiger partial charge in [-0.2, -0.15) is 0 Å². The minimum Gasteiger partial charge on any atom is -0.310 e. The van der Waals surface area contributed by atoms with Crippen LogP contribution in [-0.4, -0.2) is 6.04 Å². The van der Waals surface area contributed by atoms with Gasteiger partial charge in [0.1, 0.15) is 5.82 Å². The Morgan fingerprint density at radius 2 is 1.88 bits per heavy atom. The first-order valence-electron chi connectivity index (χ1n) is 6.61. The van der Waals surface area contributed by atoms with Crippen molar-refractivity contribution in [1.82, 2.24) is 5.32 Å².